The molecule has 5 heteroatoms. The third-order valence-electron chi connectivity index (χ3n) is 4.12. The zero-order chi connectivity index (χ0) is 16.5. The smallest absolute Gasteiger partial charge is 0.191 e. The Labute approximate surface area is 140 Å². The minimum Gasteiger partial charge on any atom is -0.379 e. The van der Waals surface area contributed by atoms with Gasteiger partial charge in [-0.3, -0.25) is 4.90 Å². The number of nitrogens with one attached hydrogen (secondary N) is 2. The Morgan fingerprint density at radius 1 is 1.22 bits per heavy atom. The standard InChI is InChI=1S/C18H30N4O/c1-4-19-18(21-14-17-7-5-15(2)6-8-17)20-13-16(3)22-9-11-23-12-10-22/h5-8,16H,4,9-14H2,1-3H3,(H2,19,20,21). The van der Waals surface area contributed by atoms with Gasteiger partial charge < -0.3 is 15.4 Å². The zero-order valence-electron chi connectivity index (χ0n) is 14.6. The van der Waals surface area contributed by atoms with Crippen molar-refractivity contribution < 1.29 is 4.74 Å². The number of morpholine rings is 1. The van der Waals surface area contributed by atoms with Crippen LogP contribution in [0.5, 0.6) is 0 Å². The lowest BCUT2D eigenvalue weighted by molar-refractivity contribution is 0.0211. The molecule has 0 aromatic heterocycles. The highest BCUT2D eigenvalue weighted by Crippen LogP contribution is 2.05. The predicted octanol–water partition coefficient (Wildman–Crippen LogP) is 1.77. The molecule has 0 saturated carbocycles. The maximum atomic E-state index is 5.41. The molecule has 0 amide bonds. The van der Waals surface area contributed by atoms with Crippen molar-refractivity contribution in [1.29, 1.82) is 0 Å². The Morgan fingerprint density at radius 3 is 2.57 bits per heavy atom. The number of hydrogen-bond donors (Lipinski definition) is 2. The van der Waals surface area contributed by atoms with E-state index in [4.69, 9.17) is 4.74 Å². The van der Waals surface area contributed by atoms with Crippen molar-refractivity contribution in [2.75, 3.05) is 39.4 Å². The van der Waals surface area contributed by atoms with E-state index in [9.17, 15) is 0 Å². The van der Waals surface area contributed by atoms with Crippen LogP contribution < -0.4 is 10.6 Å². The third-order valence-corrected chi connectivity index (χ3v) is 4.12. The van der Waals surface area contributed by atoms with E-state index in [1.54, 1.807) is 0 Å². The molecule has 1 aromatic carbocycles. The lowest BCUT2D eigenvalue weighted by atomic mass is 10.1. The monoisotopic (exact) mass is 318 g/mol. The molecule has 1 atom stereocenters. The molecule has 1 aliphatic rings. The van der Waals surface area contributed by atoms with Crippen LogP contribution in [0.15, 0.2) is 29.3 Å². The number of guanidine groups is 1. The first kappa shape index (κ1) is 17.8. The van der Waals surface area contributed by atoms with E-state index < -0.39 is 0 Å². The molecule has 0 spiro atoms. The molecule has 1 fully saturated rings. The highest BCUT2D eigenvalue weighted by atomic mass is 16.5. The Kier molecular flexibility index (Phi) is 7.36. The van der Waals surface area contributed by atoms with Gasteiger partial charge in [0.25, 0.3) is 0 Å². The number of aliphatic imine (C=N–C) groups is 1. The maximum Gasteiger partial charge on any atom is 0.191 e. The number of rotatable bonds is 6. The number of hydrogen-bond acceptors (Lipinski definition) is 3. The molecule has 0 aliphatic carbocycles. The van der Waals surface area contributed by atoms with Crippen LogP contribution in [-0.4, -0.2) is 56.3 Å². The first-order valence-corrected chi connectivity index (χ1v) is 8.58. The third kappa shape index (κ3) is 6.20. The van der Waals surface area contributed by atoms with Crippen LogP contribution in [0.1, 0.15) is 25.0 Å². The van der Waals surface area contributed by atoms with E-state index in [1.165, 1.54) is 11.1 Å². The van der Waals surface area contributed by atoms with Gasteiger partial charge in [-0.05, 0) is 26.3 Å². The minimum absolute atomic E-state index is 0.474. The fraction of sp³-hybridized carbons (Fsp3) is 0.611. The molecule has 1 heterocycles. The van der Waals surface area contributed by atoms with Gasteiger partial charge in [-0.25, -0.2) is 4.99 Å². The highest BCUT2D eigenvalue weighted by molar-refractivity contribution is 5.79. The molecule has 128 valence electrons. The lowest BCUT2D eigenvalue weighted by Crippen LogP contribution is -2.49. The number of nitrogens with zero attached hydrogens (tertiary/aromatic N) is 2. The molecule has 1 aromatic rings. The van der Waals surface area contributed by atoms with Crippen molar-refractivity contribution in [1.82, 2.24) is 15.5 Å². The Balaban J connectivity index is 1.84. The van der Waals surface area contributed by atoms with Gasteiger partial charge in [-0.2, -0.15) is 0 Å². The molecule has 5 nitrogen and oxygen atoms in total. The van der Waals surface area contributed by atoms with Gasteiger partial charge >= 0.3 is 0 Å². The summed E-state index contributed by atoms with van der Waals surface area (Å²) in [5, 5.41) is 6.77. The van der Waals surface area contributed by atoms with Gasteiger partial charge in [-0.15, -0.1) is 0 Å². The largest absolute Gasteiger partial charge is 0.379 e. The zero-order valence-corrected chi connectivity index (χ0v) is 14.6. The Hall–Kier alpha value is -1.59. The molecule has 2 N–H and O–H groups in total. The van der Waals surface area contributed by atoms with Crippen molar-refractivity contribution in [3.63, 3.8) is 0 Å². The topological polar surface area (TPSA) is 48.9 Å². The summed E-state index contributed by atoms with van der Waals surface area (Å²) in [6, 6.07) is 9.01. The van der Waals surface area contributed by atoms with Crippen molar-refractivity contribution in [2.45, 2.75) is 33.4 Å². The van der Waals surface area contributed by atoms with Crippen LogP contribution in [-0.2, 0) is 11.3 Å². The number of ether oxygens (including phenoxy) is 1. The molecule has 2 rings (SSSR count). The Morgan fingerprint density at radius 2 is 1.91 bits per heavy atom. The quantitative estimate of drug-likeness (QED) is 0.620. The minimum atomic E-state index is 0.474. The fourth-order valence-electron chi connectivity index (χ4n) is 2.60. The van der Waals surface area contributed by atoms with E-state index in [2.05, 4.69) is 65.6 Å². The predicted molar refractivity (Wildman–Crippen MR) is 95.9 cm³/mol. The molecule has 23 heavy (non-hydrogen) atoms. The van der Waals surface area contributed by atoms with Gasteiger partial charge in [0.1, 0.15) is 0 Å². The highest BCUT2D eigenvalue weighted by Gasteiger charge is 2.16. The van der Waals surface area contributed by atoms with E-state index in [0.717, 1.165) is 45.4 Å². The van der Waals surface area contributed by atoms with Crippen LogP contribution >= 0.6 is 0 Å². The summed E-state index contributed by atoms with van der Waals surface area (Å²) in [6.45, 7) is 12.6. The van der Waals surface area contributed by atoms with E-state index in [0.29, 0.717) is 12.6 Å². The summed E-state index contributed by atoms with van der Waals surface area (Å²) in [7, 11) is 0. The van der Waals surface area contributed by atoms with E-state index >= 15 is 0 Å². The van der Waals surface area contributed by atoms with Crippen LogP contribution in [0.3, 0.4) is 0 Å². The van der Waals surface area contributed by atoms with Crippen LogP contribution in [0.25, 0.3) is 0 Å². The number of aryl methyl sites for hydroxylation is 1. The second-order valence-corrected chi connectivity index (χ2v) is 6.06. The number of benzene rings is 1. The van der Waals surface area contributed by atoms with Crippen LogP contribution in [0.4, 0.5) is 0 Å². The first-order chi connectivity index (χ1) is 11.2. The van der Waals surface area contributed by atoms with Crippen molar-refractivity contribution in [2.24, 2.45) is 4.99 Å². The average molecular weight is 318 g/mol. The summed E-state index contributed by atoms with van der Waals surface area (Å²) < 4.78 is 5.41. The second kappa shape index (κ2) is 9.53. The summed E-state index contributed by atoms with van der Waals surface area (Å²) in [6.07, 6.45) is 0. The summed E-state index contributed by atoms with van der Waals surface area (Å²) in [5.41, 5.74) is 2.51. The van der Waals surface area contributed by atoms with Crippen molar-refractivity contribution >= 4 is 5.96 Å². The Bertz CT molecular complexity index is 480. The summed E-state index contributed by atoms with van der Waals surface area (Å²) in [4.78, 5) is 7.14. The molecule has 1 saturated heterocycles. The molecule has 1 aliphatic heterocycles. The summed E-state index contributed by atoms with van der Waals surface area (Å²) >= 11 is 0. The molecular weight excluding hydrogens is 288 g/mol. The first-order valence-electron chi connectivity index (χ1n) is 8.58. The van der Waals surface area contributed by atoms with Gasteiger partial charge in [-0.1, -0.05) is 29.8 Å². The van der Waals surface area contributed by atoms with Crippen molar-refractivity contribution in [3.05, 3.63) is 35.4 Å². The lowest BCUT2D eigenvalue weighted by Gasteiger charge is -2.32. The summed E-state index contributed by atoms with van der Waals surface area (Å²) in [5.74, 6) is 0.883. The normalized spacial score (nSPS) is 17.8. The molecule has 0 bridgehead atoms. The van der Waals surface area contributed by atoms with Gasteiger partial charge in [0, 0.05) is 32.2 Å². The maximum absolute atomic E-state index is 5.41. The van der Waals surface area contributed by atoms with Crippen LogP contribution in [0, 0.1) is 6.92 Å². The average Bonchev–Trinajstić information content (AvgIpc) is 2.59. The van der Waals surface area contributed by atoms with Crippen molar-refractivity contribution in [3.8, 4) is 0 Å². The molecular formula is C18H30N4O. The van der Waals surface area contributed by atoms with E-state index in [1.807, 2.05) is 0 Å². The van der Waals surface area contributed by atoms with Crippen LogP contribution in [0.2, 0.25) is 0 Å². The fourth-order valence-corrected chi connectivity index (χ4v) is 2.60. The SMILES string of the molecule is CCNC(=NCc1ccc(C)cc1)NCC(C)N1CCOCC1. The second-order valence-electron chi connectivity index (χ2n) is 6.06. The van der Waals surface area contributed by atoms with Gasteiger partial charge in [0.05, 0.1) is 19.8 Å². The van der Waals surface area contributed by atoms with E-state index in [-0.39, 0.29) is 0 Å². The van der Waals surface area contributed by atoms with Gasteiger partial charge in [0.15, 0.2) is 5.96 Å². The van der Waals surface area contributed by atoms with Gasteiger partial charge in [0.2, 0.25) is 0 Å². The molecule has 1 unspecified atom stereocenters. The molecule has 0 radical (unpaired) electrons.